The van der Waals surface area contributed by atoms with Crippen molar-refractivity contribution in [2.75, 3.05) is 25.1 Å². The lowest BCUT2D eigenvalue weighted by Gasteiger charge is -2.11. The van der Waals surface area contributed by atoms with Crippen LogP contribution in [0, 0.1) is 0 Å². The van der Waals surface area contributed by atoms with Crippen molar-refractivity contribution >= 4 is 11.6 Å². The van der Waals surface area contributed by atoms with Gasteiger partial charge in [0, 0.05) is 12.8 Å². The lowest BCUT2D eigenvalue weighted by molar-refractivity contribution is -0.137. The Morgan fingerprint density at radius 1 is 1.48 bits per heavy atom. The van der Waals surface area contributed by atoms with Crippen molar-refractivity contribution in [3.8, 4) is 0 Å². The van der Waals surface area contributed by atoms with E-state index in [4.69, 9.17) is 9.47 Å². The molecule has 1 atom stereocenters. The van der Waals surface area contributed by atoms with Gasteiger partial charge in [0.05, 0.1) is 31.3 Å². The van der Waals surface area contributed by atoms with Crippen molar-refractivity contribution in [1.82, 2.24) is 4.98 Å². The summed E-state index contributed by atoms with van der Waals surface area (Å²) in [5.41, 5.74) is -2.28. The number of carbonyl (C=O) groups is 1. The summed E-state index contributed by atoms with van der Waals surface area (Å²) in [5, 5.41) is 2.16. The summed E-state index contributed by atoms with van der Waals surface area (Å²) in [4.78, 5) is 25.1. The average Bonchev–Trinajstić information content (AvgIpc) is 2.98. The Morgan fingerprint density at radius 3 is 2.91 bits per heavy atom. The summed E-state index contributed by atoms with van der Waals surface area (Å²) in [6.45, 7) is 1.17. The van der Waals surface area contributed by atoms with Crippen LogP contribution in [-0.2, 0) is 20.4 Å². The third-order valence-electron chi connectivity index (χ3n) is 3.31. The highest BCUT2D eigenvalue weighted by molar-refractivity contribution is 5.90. The van der Waals surface area contributed by atoms with E-state index in [1.54, 1.807) is 0 Å². The number of aromatic nitrogens is 1. The van der Waals surface area contributed by atoms with Crippen molar-refractivity contribution in [1.29, 1.82) is 0 Å². The molecule has 9 heteroatoms. The summed E-state index contributed by atoms with van der Waals surface area (Å²) in [5.74, 6) is -0.595. The van der Waals surface area contributed by atoms with Crippen LogP contribution in [0.25, 0.3) is 0 Å². The minimum Gasteiger partial charge on any atom is -0.378 e. The van der Waals surface area contributed by atoms with E-state index in [9.17, 15) is 22.8 Å². The second kappa shape index (κ2) is 7.60. The maximum Gasteiger partial charge on any atom is 0.417 e. The molecule has 6 nitrogen and oxygen atoms in total. The number of alkyl halides is 3. The summed E-state index contributed by atoms with van der Waals surface area (Å²) in [7, 11) is 0. The molecular formula is C14H17F3N2O4. The van der Waals surface area contributed by atoms with Crippen LogP contribution in [0.4, 0.5) is 18.9 Å². The molecule has 2 rings (SSSR count). The zero-order valence-corrected chi connectivity index (χ0v) is 12.2. The van der Waals surface area contributed by atoms with Gasteiger partial charge >= 0.3 is 6.18 Å². The number of amides is 1. The third kappa shape index (κ3) is 5.36. The normalized spacial score (nSPS) is 18.1. The minimum absolute atomic E-state index is 0.0318. The van der Waals surface area contributed by atoms with Crippen LogP contribution >= 0.6 is 0 Å². The molecule has 1 aliphatic rings. The molecule has 1 saturated heterocycles. The Labute approximate surface area is 130 Å². The maximum absolute atomic E-state index is 12.6. The molecule has 1 aromatic rings. The molecule has 0 unspecified atom stereocenters. The fourth-order valence-electron chi connectivity index (χ4n) is 2.11. The zero-order chi connectivity index (χ0) is 16.9. The first kappa shape index (κ1) is 17.5. The molecule has 1 fully saturated rings. The van der Waals surface area contributed by atoms with E-state index < -0.39 is 28.9 Å². The molecule has 0 aliphatic carbocycles. The number of ether oxygens (including phenoxy) is 2. The highest BCUT2D eigenvalue weighted by Gasteiger charge is 2.31. The summed E-state index contributed by atoms with van der Waals surface area (Å²) in [6, 6.07) is 0.601. The average molecular weight is 334 g/mol. The standard InChI is InChI=1S/C14H17F3N2O4/c15-14(16,17)9-6-11(13(21)18-7-9)19-12(20)3-5-22-8-10-2-1-4-23-10/h6-7,10H,1-5,8H2,(H,18,21)(H,19,20)/t10-/m1/s1. The molecule has 1 aliphatic heterocycles. The molecule has 2 heterocycles. The number of nitrogens with one attached hydrogen (secondary N) is 2. The minimum atomic E-state index is -4.60. The number of anilines is 1. The summed E-state index contributed by atoms with van der Waals surface area (Å²) in [6.07, 6.45) is -2.19. The van der Waals surface area contributed by atoms with Gasteiger partial charge in [0.15, 0.2) is 0 Å². The Hall–Kier alpha value is -1.87. The second-order valence-electron chi connectivity index (χ2n) is 5.14. The van der Waals surface area contributed by atoms with Crippen LogP contribution in [0.1, 0.15) is 24.8 Å². The van der Waals surface area contributed by atoms with E-state index in [1.165, 1.54) is 0 Å². The molecule has 128 valence electrons. The SMILES string of the molecule is O=C(CCOC[C@H]1CCCO1)Nc1cc(C(F)(F)F)c[nH]c1=O. The lowest BCUT2D eigenvalue weighted by atomic mass is 10.2. The summed E-state index contributed by atoms with van der Waals surface area (Å²) >= 11 is 0. The fourth-order valence-corrected chi connectivity index (χ4v) is 2.11. The third-order valence-corrected chi connectivity index (χ3v) is 3.31. The van der Waals surface area contributed by atoms with E-state index in [2.05, 4.69) is 5.32 Å². The fraction of sp³-hybridized carbons (Fsp3) is 0.571. The van der Waals surface area contributed by atoms with Crippen molar-refractivity contribution < 1.29 is 27.4 Å². The van der Waals surface area contributed by atoms with E-state index in [-0.39, 0.29) is 19.1 Å². The number of hydrogen-bond acceptors (Lipinski definition) is 4. The van der Waals surface area contributed by atoms with Gasteiger partial charge in [-0.15, -0.1) is 0 Å². The molecule has 0 aromatic carbocycles. The van der Waals surface area contributed by atoms with Gasteiger partial charge in [-0.05, 0) is 18.9 Å². The first-order valence-electron chi connectivity index (χ1n) is 7.15. The van der Waals surface area contributed by atoms with Gasteiger partial charge in [0.1, 0.15) is 5.69 Å². The molecular weight excluding hydrogens is 317 g/mol. The number of rotatable bonds is 6. The number of H-pyrrole nitrogens is 1. The van der Waals surface area contributed by atoms with Crippen LogP contribution in [0.3, 0.4) is 0 Å². The van der Waals surface area contributed by atoms with Gasteiger partial charge in [-0.3, -0.25) is 9.59 Å². The van der Waals surface area contributed by atoms with E-state index in [0.29, 0.717) is 25.5 Å². The van der Waals surface area contributed by atoms with Crippen molar-refractivity contribution in [2.45, 2.75) is 31.5 Å². The Balaban J connectivity index is 1.81. The maximum atomic E-state index is 12.6. The van der Waals surface area contributed by atoms with Gasteiger partial charge < -0.3 is 19.8 Å². The summed E-state index contributed by atoms with van der Waals surface area (Å²) < 4.78 is 48.3. The molecule has 0 bridgehead atoms. The number of hydrogen-bond donors (Lipinski definition) is 2. The van der Waals surface area contributed by atoms with Crippen LogP contribution in [-0.4, -0.2) is 36.8 Å². The van der Waals surface area contributed by atoms with E-state index in [0.717, 1.165) is 12.8 Å². The molecule has 0 spiro atoms. The predicted molar refractivity (Wildman–Crippen MR) is 75.1 cm³/mol. The molecule has 1 aromatic heterocycles. The predicted octanol–water partition coefficient (Wildman–Crippen LogP) is 1.92. The molecule has 0 radical (unpaired) electrons. The van der Waals surface area contributed by atoms with Crippen LogP contribution < -0.4 is 10.9 Å². The van der Waals surface area contributed by atoms with Crippen molar-refractivity contribution in [3.05, 3.63) is 28.2 Å². The van der Waals surface area contributed by atoms with Crippen LogP contribution in [0.15, 0.2) is 17.1 Å². The van der Waals surface area contributed by atoms with Gasteiger partial charge in [0.2, 0.25) is 5.91 Å². The second-order valence-corrected chi connectivity index (χ2v) is 5.14. The van der Waals surface area contributed by atoms with Crippen molar-refractivity contribution in [3.63, 3.8) is 0 Å². The van der Waals surface area contributed by atoms with Gasteiger partial charge in [0.25, 0.3) is 5.56 Å². The molecule has 23 heavy (non-hydrogen) atoms. The van der Waals surface area contributed by atoms with Gasteiger partial charge in [-0.2, -0.15) is 13.2 Å². The van der Waals surface area contributed by atoms with Crippen LogP contribution in [0.2, 0.25) is 0 Å². The highest BCUT2D eigenvalue weighted by atomic mass is 19.4. The topological polar surface area (TPSA) is 80.4 Å². The largest absolute Gasteiger partial charge is 0.417 e. The molecule has 1 amide bonds. The Morgan fingerprint density at radius 2 is 2.26 bits per heavy atom. The highest BCUT2D eigenvalue weighted by Crippen LogP contribution is 2.29. The Kier molecular flexibility index (Phi) is 5.78. The van der Waals surface area contributed by atoms with Gasteiger partial charge in [-0.1, -0.05) is 0 Å². The van der Waals surface area contributed by atoms with Crippen molar-refractivity contribution in [2.24, 2.45) is 0 Å². The zero-order valence-electron chi connectivity index (χ0n) is 12.2. The lowest BCUT2D eigenvalue weighted by Crippen LogP contribution is -2.23. The van der Waals surface area contributed by atoms with E-state index >= 15 is 0 Å². The monoisotopic (exact) mass is 334 g/mol. The number of carbonyl (C=O) groups excluding carboxylic acids is 1. The number of halogens is 3. The molecule has 0 saturated carbocycles. The number of aromatic amines is 1. The first-order valence-corrected chi connectivity index (χ1v) is 7.15. The van der Waals surface area contributed by atoms with Crippen LogP contribution in [0.5, 0.6) is 0 Å². The van der Waals surface area contributed by atoms with Gasteiger partial charge in [-0.25, -0.2) is 0 Å². The quantitative estimate of drug-likeness (QED) is 0.779. The molecule has 2 N–H and O–H groups in total. The first-order chi connectivity index (χ1) is 10.9. The van der Waals surface area contributed by atoms with E-state index in [1.807, 2.05) is 4.98 Å². The number of pyridine rings is 1. The smallest absolute Gasteiger partial charge is 0.378 e. The Bertz CT molecular complexity index is 594.